The lowest BCUT2D eigenvalue weighted by atomic mass is 10.1. The third kappa shape index (κ3) is 3.64. The van der Waals surface area contributed by atoms with Gasteiger partial charge in [0.15, 0.2) is 5.78 Å². The summed E-state index contributed by atoms with van der Waals surface area (Å²) in [6.07, 6.45) is 0. The van der Waals surface area contributed by atoms with Crippen LogP contribution in [0.25, 0.3) is 0 Å². The van der Waals surface area contributed by atoms with Crippen LogP contribution in [-0.4, -0.2) is 20.1 Å². The highest BCUT2D eigenvalue weighted by Gasteiger charge is 2.27. The Bertz CT molecular complexity index is 1010. The van der Waals surface area contributed by atoms with E-state index in [0.29, 0.717) is 16.9 Å². The van der Waals surface area contributed by atoms with E-state index < -0.39 is 10.0 Å². The fourth-order valence-electron chi connectivity index (χ4n) is 2.57. The Morgan fingerprint density at radius 3 is 2.00 bits per heavy atom. The van der Waals surface area contributed by atoms with E-state index >= 15 is 0 Å². The minimum Gasteiger partial charge on any atom is -0.293 e. The van der Waals surface area contributed by atoms with Crippen LogP contribution < -0.4 is 4.31 Å². The molecule has 0 amide bonds. The first kappa shape index (κ1) is 18.2. The van der Waals surface area contributed by atoms with Crippen molar-refractivity contribution in [2.24, 2.45) is 0 Å². The van der Waals surface area contributed by atoms with E-state index in [1.807, 2.05) is 6.07 Å². The molecule has 0 aliphatic rings. The number of rotatable bonds is 6. The number of carbonyl (C=O) groups is 1. The summed E-state index contributed by atoms with van der Waals surface area (Å²) in [5, 5.41) is 0. The number of hydrogen-bond acceptors (Lipinski definition) is 3. The number of halogens is 1. The second-order valence-corrected chi connectivity index (χ2v) is 7.58. The maximum Gasteiger partial charge on any atom is 0.268 e. The predicted molar refractivity (Wildman–Crippen MR) is 104 cm³/mol. The standard InChI is InChI=1S/C20H16ClNO3S/c21-15-20(23)16-8-7-11-18(14-16)22(17-9-3-1-4-10-17)26(24,25)19-12-5-2-6-13-19/h1-14H,15H2. The molecule has 0 aliphatic heterocycles. The molecule has 3 rings (SSSR count). The molecule has 3 aromatic carbocycles. The molecule has 0 radical (unpaired) electrons. The summed E-state index contributed by atoms with van der Waals surface area (Å²) in [6.45, 7) is 0. The molecular weight excluding hydrogens is 370 g/mol. The number of ketones is 1. The number of benzene rings is 3. The van der Waals surface area contributed by atoms with Crippen LogP contribution in [0.2, 0.25) is 0 Å². The average Bonchev–Trinajstić information content (AvgIpc) is 2.69. The minimum absolute atomic E-state index is 0.165. The summed E-state index contributed by atoms with van der Waals surface area (Å²) in [6, 6.07) is 23.4. The Balaban J connectivity index is 2.19. The molecule has 0 saturated carbocycles. The monoisotopic (exact) mass is 385 g/mol. The second kappa shape index (κ2) is 7.72. The molecule has 3 aromatic rings. The van der Waals surface area contributed by atoms with E-state index in [9.17, 15) is 13.2 Å². The van der Waals surface area contributed by atoms with Gasteiger partial charge in [-0.05, 0) is 36.4 Å². The van der Waals surface area contributed by atoms with Gasteiger partial charge in [0, 0.05) is 5.56 Å². The zero-order valence-corrected chi connectivity index (χ0v) is 15.3. The third-order valence-electron chi connectivity index (χ3n) is 3.80. The van der Waals surface area contributed by atoms with Crippen molar-refractivity contribution < 1.29 is 13.2 Å². The van der Waals surface area contributed by atoms with Gasteiger partial charge in [-0.25, -0.2) is 12.7 Å². The number of sulfonamides is 1. The van der Waals surface area contributed by atoms with E-state index in [1.54, 1.807) is 72.8 Å². The Kier molecular flexibility index (Phi) is 5.40. The zero-order valence-electron chi connectivity index (χ0n) is 13.7. The van der Waals surface area contributed by atoms with Crippen LogP contribution in [0.5, 0.6) is 0 Å². The van der Waals surface area contributed by atoms with Gasteiger partial charge in [0.25, 0.3) is 10.0 Å². The number of anilines is 2. The van der Waals surface area contributed by atoms with Gasteiger partial charge in [0.2, 0.25) is 0 Å². The molecule has 0 N–H and O–H groups in total. The van der Waals surface area contributed by atoms with Crippen molar-refractivity contribution in [2.75, 3.05) is 10.2 Å². The van der Waals surface area contributed by atoms with Crippen LogP contribution in [0.4, 0.5) is 11.4 Å². The minimum atomic E-state index is -3.87. The fraction of sp³-hybridized carbons (Fsp3) is 0.0500. The lowest BCUT2D eigenvalue weighted by Gasteiger charge is -2.25. The van der Waals surface area contributed by atoms with Gasteiger partial charge in [0.05, 0.1) is 22.2 Å². The molecule has 0 aliphatic carbocycles. The number of alkyl halides is 1. The van der Waals surface area contributed by atoms with Gasteiger partial charge in [-0.3, -0.25) is 4.79 Å². The summed E-state index contributed by atoms with van der Waals surface area (Å²) < 4.78 is 27.8. The topological polar surface area (TPSA) is 54.5 Å². The molecular formula is C20H16ClNO3S. The van der Waals surface area contributed by atoms with E-state index in [0.717, 1.165) is 0 Å². The lowest BCUT2D eigenvalue weighted by Crippen LogP contribution is -2.26. The molecule has 0 heterocycles. The van der Waals surface area contributed by atoms with Crippen molar-refractivity contribution in [1.82, 2.24) is 0 Å². The molecule has 0 saturated heterocycles. The van der Waals surface area contributed by atoms with Crippen LogP contribution in [0, 0.1) is 0 Å². The van der Waals surface area contributed by atoms with Gasteiger partial charge in [0.1, 0.15) is 0 Å². The van der Waals surface area contributed by atoms with Gasteiger partial charge in [-0.2, -0.15) is 0 Å². The molecule has 0 bridgehead atoms. The lowest BCUT2D eigenvalue weighted by molar-refractivity contribution is 0.102. The van der Waals surface area contributed by atoms with Crippen molar-refractivity contribution in [1.29, 1.82) is 0 Å². The van der Waals surface area contributed by atoms with Crippen LogP contribution in [0.15, 0.2) is 89.8 Å². The Morgan fingerprint density at radius 1 is 0.808 bits per heavy atom. The van der Waals surface area contributed by atoms with Gasteiger partial charge in [-0.15, -0.1) is 11.6 Å². The Hall–Kier alpha value is -2.63. The van der Waals surface area contributed by atoms with Crippen molar-refractivity contribution >= 4 is 38.8 Å². The van der Waals surface area contributed by atoms with Crippen molar-refractivity contribution in [2.45, 2.75) is 4.90 Å². The van der Waals surface area contributed by atoms with E-state index in [4.69, 9.17) is 11.6 Å². The maximum absolute atomic E-state index is 13.3. The molecule has 0 atom stereocenters. The number of nitrogens with zero attached hydrogens (tertiary/aromatic N) is 1. The molecule has 6 heteroatoms. The largest absolute Gasteiger partial charge is 0.293 e. The normalized spacial score (nSPS) is 11.1. The fourth-order valence-corrected chi connectivity index (χ4v) is 4.23. The SMILES string of the molecule is O=C(CCl)c1cccc(N(c2ccccc2)S(=O)(=O)c2ccccc2)c1. The Labute approximate surface area is 157 Å². The van der Waals surface area contributed by atoms with Crippen LogP contribution in [0.1, 0.15) is 10.4 Å². The number of carbonyl (C=O) groups excluding carboxylic acids is 1. The van der Waals surface area contributed by atoms with E-state index in [-0.39, 0.29) is 16.6 Å². The highest BCUT2D eigenvalue weighted by atomic mass is 35.5. The maximum atomic E-state index is 13.3. The molecule has 132 valence electrons. The van der Waals surface area contributed by atoms with Crippen molar-refractivity contribution in [3.63, 3.8) is 0 Å². The Morgan fingerprint density at radius 2 is 1.38 bits per heavy atom. The van der Waals surface area contributed by atoms with E-state index in [2.05, 4.69) is 0 Å². The van der Waals surface area contributed by atoms with Crippen molar-refractivity contribution in [3.05, 3.63) is 90.5 Å². The zero-order chi connectivity index (χ0) is 18.6. The summed E-state index contributed by atoms with van der Waals surface area (Å²) in [5.41, 5.74) is 1.21. The summed E-state index contributed by atoms with van der Waals surface area (Å²) >= 11 is 5.64. The molecule has 26 heavy (non-hydrogen) atoms. The summed E-state index contributed by atoms with van der Waals surface area (Å²) in [5.74, 6) is -0.432. The highest BCUT2D eigenvalue weighted by Crippen LogP contribution is 2.32. The summed E-state index contributed by atoms with van der Waals surface area (Å²) in [4.78, 5) is 12.1. The van der Waals surface area contributed by atoms with E-state index in [1.165, 1.54) is 10.4 Å². The number of Topliss-reactive ketones (excluding diaryl/α,β-unsaturated/α-hetero) is 1. The molecule has 0 spiro atoms. The number of hydrogen-bond donors (Lipinski definition) is 0. The predicted octanol–water partition coefficient (Wildman–Crippen LogP) is 4.64. The molecule has 4 nitrogen and oxygen atoms in total. The molecule has 0 unspecified atom stereocenters. The third-order valence-corrected chi connectivity index (χ3v) is 5.81. The van der Waals surface area contributed by atoms with Gasteiger partial charge < -0.3 is 0 Å². The highest BCUT2D eigenvalue weighted by molar-refractivity contribution is 7.93. The average molecular weight is 386 g/mol. The van der Waals surface area contributed by atoms with Gasteiger partial charge in [-0.1, -0.05) is 48.5 Å². The van der Waals surface area contributed by atoms with Crippen LogP contribution in [0.3, 0.4) is 0 Å². The molecule has 0 aromatic heterocycles. The second-order valence-electron chi connectivity index (χ2n) is 5.53. The van der Waals surface area contributed by atoms with Crippen LogP contribution >= 0.6 is 11.6 Å². The molecule has 0 fully saturated rings. The van der Waals surface area contributed by atoms with Gasteiger partial charge >= 0.3 is 0 Å². The smallest absolute Gasteiger partial charge is 0.268 e. The number of para-hydroxylation sites is 1. The van der Waals surface area contributed by atoms with Crippen LogP contribution in [-0.2, 0) is 10.0 Å². The first-order valence-electron chi connectivity index (χ1n) is 7.88. The van der Waals surface area contributed by atoms with Crippen molar-refractivity contribution in [3.8, 4) is 0 Å². The summed E-state index contributed by atoms with van der Waals surface area (Å²) in [7, 11) is -3.87. The first-order chi connectivity index (χ1) is 12.5. The quantitative estimate of drug-likeness (QED) is 0.459. The first-order valence-corrected chi connectivity index (χ1v) is 9.86.